The highest BCUT2D eigenvalue weighted by atomic mass is 16.6. The molecule has 1 aliphatic heterocycles. The molecule has 0 N–H and O–H groups in total. The van der Waals surface area contributed by atoms with Gasteiger partial charge in [-0.15, -0.1) is 0 Å². The number of ether oxygens (including phenoxy) is 2. The highest BCUT2D eigenvalue weighted by molar-refractivity contribution is 5.77. The Kier molecular flexibility index (Phi) is 2.91. The maximum atomic E-state index is 11.6. The average Bonchev–Trinajstić information content (AvgIpc) is 2.24. The minimum absolute atomic E-state index is 0.135. The average molecular weight is 208 g/mol. The van der Waals surface area contributed by atoms with Crippen molar-refractivity contribution in [3.8, 4) is 0 Å². The molecular formula is C12H16O3. The lowest BCUT2D eigenvalue weighted by molar-refractivity contribution is -0.181. The number of carbonyl (C=O) groups is 1. The van der Waals surface area contributed by atoms with E-state index in [4.69, 9.17) is 9.47 Å². The minimum Gasteiger partial charge on any atom is -0.461 e. The van der Waals surface area contributed by atoms with Crippen molar-refractivity contribution in [3.05, 3.63) is 23.8 Å². The van der Waals surface area contributed by atoms with E-state index in [2.05, 4.69) is 6.08 Å². The van der Waals surface area contributed by atoms with Crippen molar-refractivity contribution < 1.29 is 14.3 Å². The summed E-state index contributed by atoms with van der Waals surface area (Å²) in [4.78, 5) is 11.6. The van der Waals surface area contributed by atoms with E-state index < -0.39 is 5.41 Å². The van der Waals surface area contributed by atoms with Crippen LogP contribution < -0.4 is 0 Å². The van der Waals surface area contributed by atoms with E-state index in [0.717, 1.165) is 12.8 Å². The second kappa shape index (κ2) is 4.19. The van der Waals surface area contributed by atoms with E-state index >= 15 is 0 Å². The lowest BCUT2D eigenvalue weighted by atomic mass is 9.89. The number of hydrogen-bond acceptors (Lipinski definition) is 3. The van der Waals surface area contributed by atoms with Gasteiger partial charge in [0.25, 0.3) is 0 Å². The molecule has 1 heterocycles. The fourth-order valence-electron chi connectivity index (χ4n) is 1.63. The fourth-order valence-corrected chi connectivity index (χ4v) is 1.63. The molecule has 15 heavy (non-hydrogen) atoms. The largest absolute Gasteiger partial charge is 0.461 e. The van der Waals surface area contributed by atoms with Gasteiger partial charge in [0.05, 0.1) is 13.2 Å². The van der Waals surface area contributed by atoms with Crippen LogP contribution >= 0.6 is 0 Å². The summed E-state index contributed by atoms with van der Waals surface area (Å²) in [5.74, 6) is -0.135. The molecule has 0 atom stereocenters. The number of rotatable bonds is 3. The Balaban J connectivity index is 1.80. The maximum Gasteiger partial charge on any atom is 0.316 e. The van der Waals surface area contributed by atoms with Crippen LogP contribution in [0, 0.1) is 5.41 Å². The molecule has 0 amide bonds. The second-order valence-corrected chi connectivity index (χ2v) is 4.42. The molecule has 0 aromatic rings. The molecule has 3 heteroatoms. The van der Waals surface area contributed by atoms with Crippen LogP contribution in [0.3, 0.4) is 0 Å². The van der Waals surface area contributed by atoms with Gasteiger partial charge in [-0.1, -0.05) is 18.2 Å². The van der Waals surface area contributed by atoms with Crippen molar-refractivity contribution in [1.82, 2.24) is 0 Å². The molecule has 2 aliphatic rings. The number of hydrogen-bond donors (Lipinski definition) is 0. The van der Waals surface area contributed by atoms with Gasteiger partial charge in [0.2, 0.25) is 0 Å². The van der Waals surface area contributed by atoms with Crippen LogP contribution in [0.4, 0.5) is 0 Å². The third kappa shape index (κ3) is 2.29. The zero-order chi connectivity index (χ0) is 10.7. The number of allylic oxidation sites excluding steroid dienone is 3. The van der Waals surface area contributed by atoms with Crippen LogP contribution in [0.1, 0.15) is 19.8 Å². The molecule has 0 bridgehead atoms. The van der Waals surface area contributed by atoms with Crippen molar-refractivity contribution in [2.75, 3.05) is 19.8 Å². The molecule has 0 radical (unpaired) electrons. The lowest BCUT2D eigenvalue weighted by Gasteiger charge is -2.35. The van der Waals surface area contributed by atoms with Crippen molar-refractivity contribution >= 4 is 5.97 Å². The topological polar surface area (TPSA) is 35.5 Å². The minimum atomic E-state index is -0.398. The molecule has 0 aromatic heterocycles. The standard InChI is InChI=1S/C12H16O3/c1-12(8-14-9-12)11(13)15-7-10-5-3-2-4-6-10/h2-3,5H,4,6-9H2,1H3. The van der Waals surface area contributed by atoms with E-state index in [1.54, 1.807) is 0 Å². The van der Waals surface area contributed by atoms with Gasteiger partial charge in [0.15, 0.2) is 0 Å². The van der Waals surface area contributed by atoms with E-state index in [1.165, 1.54) is 5.57 Å². The first-order valence-corrected chi connectivity index (χ1v) is 5.30. The zero-order valence-corrected chi connectivity index (χ0v) is 8.99. The summed E-state index contributed by atoms with van der Waals surface area (Å²) >= 11 is 0. The van der Waals surface area contributed by atoms with Crippen LogP contribution in [0.15, 0.2) is 23.8 Å². The van der Waals surface area contributed by atoms with Crippen LogP contribution in [0.2, 0.25) is 0 Å². The first-order chi connectivity index (χ1) is 7.21. The van der Waals surface area contributed by atoms with Gasteiger partial charge in [-0.3, -0.25) is 4.79 Å². The maximum absolute atomic E-state index is 11.6. The lowest BCUT2D eigenvalue weighted by Crippen LogP contribution is -2.47. The summed E-state index contributed by atoms with van der Waals surface area (Å²) in [7, 11) is 0. The predicted molar refractivity (Wildman–Crippen MR) is 56.3 cm³/mol. The molecule has 0 saturated carbocycles. The van der Waals surface area contributed by atoms with Crippen LogP contribution in [0.5, 0.6) is 0 Å². The summed E-state index contributed by atoms with van der Waals surface area (Å²) in [6, 6.07) is 0. The van der Waals surface area contributed by atoms with Gasteiger partial charge in [-0.2, -0.15) is 0 Å². The SMILES string of the molecule is CC1(C(=O)OCC2=CC=CCC2)COC1. The van der Waals surface area contributed by atoms with Crippen molar-refractivity contribution in [3.63, 3.8) is 0 Å². The molecule has 1 fully saturated rings. The quantitative estimate of drug-likeness (QED) is 0.664. The van der Waals surface area contributed by atoms with Crippen LogP contribution in [0.25, 0.3) is 0 Å². The highest BCUT2D eigenvalue weighted by Gasteiger charge is 2.42. The summed E-state index contributed by atoms with van der Waals surface area (Å²) < 4.78 is 10.3. The molecular weight excluding hydrogens is 192 g/mol. The summed E-state index contributed by atoms with van der Waals surface area (Å²) in [5.41, 5.74) is 0.792. The van der Waals surface area contributed by atoms with Crippen LogP contribution in [-0.4, -0.2) is 25.8 Å². The highest BCUT2D eigenvalue weighted by Crippen LogP contribution is 2.28. The van der Waals surface area contributed by atoms with Crippen molar-refractivity contribution in [1.29, 1.82) is 0 Å². The fraction of sp³-hybridized carbons (Fsp3) is 0.583. The third-order valence-electron chi connectivity index (χ3n) is 2.82. The smallest absolute Gasteiger partial charge is 0.316 e. The van der Waals surface area contributed by atoms with Crippen molar-refractivity contribution in [2.24, 2.45) is 5.41 Å². The Morgan fingerprint density at radius 3 is 2.93 bits per heavy atom. The molecule has 0 spiro atoms. The van der Waals surface area contributed by atoms with Crippen LogP contribution in [-0.2, 0) is 14.3 Å². The zero-order valence-electron chi connectivity index (χ0n) is 8.99. The molecule has 3 nitrogen and oxygen atoms in total. The molecule has 0 aromatic carbocycles. The van der Waals surface area contributed by atoms with E-state index in [9.17, 15) is 4.79 Å². The van der Waals surface area contributed by atoms with E-state index in [0.29, 0.717) is 19.8 Å². The molecule has 0 unspecified atom stereocenters. The summed E-state index contributed by atoms with van der Waals surface area (Å²) in [6.07, 6.45) is 8.20. The van der Waals surface area contributed by atoms with E-state index in [1.807, 2.05) is 19.1 Å². The number of carbonyl (C=O) groups excluding carboxylic acids is 1. The van der Waals surface area contributed by atoms with Gasteiger partial charge in [0, 0.05) is 0 Å². The molecule has 2 rings (SSSR count). The Hall–Kier alpha value is -1.09. The van der Waals surface area contributed by atoms with Gasteiger partial charge in [-0.25, -0.2) is 0 Å². The van der Waals surface area contributed by atoms with Gasteiger partial charge < -0.3 is 9.47 Å². The summed E-state index contributed by atoms with van der Waals surface area (Å²) in [6.45, 7) is 3.29. The van der Waals surface area contributed by atoms with Gasteiger partial charge in [-0.05, 0) is 25.3 Å². The Labute approximate surface area is 89.8 Å². The van der Waals surface area contributed by atoms with Crippen molar-refractivity contribution in [2.45, 2.75) is 19.8 Å². The Morgan fingerprint density at radius 1 is 1.60 bits per heavy atom. The van der Waals surface area contributed by atoms with E-state index in [-0.39, 0.29) is 5.97 Å². The molecule has 1 aliphatic carbocycles. The molecule has 1 saturated heterocycles. The monoisotopic (exact) mass is 208 g/mol. The summed E-state index contributed by atoms with van der Waals surface area (Å²) in [5, 5.41) is 0. The van der Waals surface area contributed by atoms with Gasteiger partial charge >= 0.3 is 5.97 Å². The first kappa shape index (κ1) is 10.4. The second-order valence-electron chi connectivity index (χ2n) is 4.42. The first-order valence-electron chi connectivity index (χ1n) is 5.30. The normalized spacial score (nSPS) is 22.9. The third-order valence-corrected chi connectivity index (χ3v) is 2.82. The Morgan fingerprint density at radius 2 is 2.40 bits per heavy atom. The molecule has 82 valence electrons. The Bertz CT molecular complexity index is 311. The number of esters is 1. The predicted octanol–water partition coefficient (Wildman–Crippen LogP) is 1.84. The van der Waals surface area contributed by atoms with Gasteiger partial charge in [0.1, 0.15) is 12.0 Å².